The Morgan fingerprint density at radius 2 is 1.71 bits per heavy atom. The van der Waals surface area contributed by atoms with Gasteiger partial charge >= 0.3 is 0 Å². The molecule has 0 N–H and O–H groups in total. The number of rotatable bonds is 5. The van der Waals surface area contributed by atoms with Gasteiger partial charge in [0.25, 0.3) is 0 Å². The second-order valence-corrected chi connectivity index (χ2v) is 5.38. The third kappa shape index (κ3) is 4.03. The first-order valence-corrected chi connectivity index (χ1v) is 7.63. The summed E-state index contributed by atoms with van der Waals surface area (Å²) in [5, 5.41) is 9.09. The molecule has 0 aliphatic rings. The topological polar surface area (TPSA) is 55.1 Å². The lowest BCUT2D eigenvalue weighted by molar-refractivity contribution is 0.305. The predicted octanol–water partition coefficient (Wildman–Crippen LogP) is 4.98. The molecule has 1 aromatic heterocycles. The number of nitrogens with zero attached hydrogens (tertiary/aromatic N) is 2. The molecule has 5 heteroatoms. The van der Waals surface area contributed by atoms with Gasteiger partial charge in [-0.05, 0) is 35.9 Å². The van der Waals surface area contributed by atoms with Crippen LogP contribution < -0.4 is 9.47 Å². The Labute approximate surface area is 144 Å². The summed E-state index contributed by atoms with van der Waals surface area (Å²) < 4.78 is 11.3. The second kappa shape index (κ2) is 7.49. The zero-order chi connectivity index (χ0) is 16.8. The number of pyridine rings is 1. The van der Waals surface area contributed by atoms with Crippen molar-refractivity contribution < 1.29 is 9.47 Å². The molecular weight excluding hydrogens is 324 g/mol. The van der Waals surface area contributed by atoms with Gasteiger partial charge in [0.15, 0.2) is 0 Å². The highest BCUT2D eigenvalue weighted by Crippen LogP contribution is 2.28. The summed E-state index contributed by atoms with van der Waals surface area (Å²) in [6.45, 7) is 0.504. The Morgan fingerprint density at radius 1 is 1.00 bits per heavy atom. The fourth-order valence-electron chi connectivity index (χ4n) is 2.02. The van der Waals surface area contributed by atoms with Crippen LogP contribution in [0.5, 0.6) is 17.4 Å². The first kappa shape index (κ1) is 15.9. The largest absolute Gasteiger partial charge is 0.489 e. The number of ether oxygens (including phenoxy) is 2. The van der Waals surface area contributed by atoms with Gasteiger partial charge in [-0.3, -0.25) is 0 Å². The highest BCUT2D eigenvalue weighted by atomic mass is 35.5. The van der Waals surface area contributed by atoms with E-state index in [1.165, 1.54) is 12.3 Å². The normalized spacial score (nSPS) is 10.0. The van der Waals surface area contributed by atoms with Crippen LogP contribution in [0, 0.1) is 11.3 Å². The standard InChI is InChI=1S/C19H13ClN2O2/c20-18-10-15(11-21)12-22-19(18)24-17-8-6-16(7-9-17)23-13-14-4-2-1-3-5-14/h1-10,12H,13H2. The van der Waals surface area contributed by atoms with Crippen LogP contribution >= 0.6 is 11.6 Å². The van der Waals surface area contributed by atoms with Gasteiger partial charge in [0.05, 0.1) is 5.56 Å². The van der Waals surface area contributed by atoms with Gasteiger partial charge in [-0.15, -0.1) is 0 Å². The van der Waals surface area contributed by atoms with Crippen LogP contribution in [0.4, 0.5) is 0 Å². The predicted molar refractivity (Wildman–Crippen MR) is 91.3 cm³/mol. The fraction of sp³-hybridized carbons (Fsp3) is 0.0526. The van der Waals surface area contributed by atoms with E-state index < -0.39 is 0 Å². The van der Waals surface area contributed by atoms with Crippen molar-refractivity contribution in [3.63, 3.8) is 0 Å². The van der Waals surface area contributed by atoms with E-state index >= 15 is 0 Å². The molecule has 3 rings (SSSR count). The highest BCUT2D eigenvalue weighted by molar-refractivity contribution is 6.31. The maximum atomic E-state index is 8.80. The average molecular weight is 337 g/mol. The van der Waals surface area contributed by atoms with Gasteiger partial charge in [-0.1, -0.05) is 41.9 Å². The summed E-state index contributed by atoms with van der Waals surface area (Å²) in [5.74, 6) is 1.58. The van der Waals surface area contributed by atoms with Gasteiger partial charge in [0.2, 0.25) is 5.88 Å². The van der Waals surface area contributed by atoms with Crippen LogP contribution in [0.2, 0.25) is 5.02 Å². The molecule has 0 saturated heterocycles. The Morgan fingerprint density at radius 3 is 2.38 bits per heavy atom. The third-order valence-corrected chi connectivity index (χ3v) is 3.49. The highest BCUT2D eigenvalue weighted by Gasteiger charge is 2.06. The number of aromatic nitrogens is 1. The summed E-state index contributed by atoms with van der Waals surface area (Å²) >= 11 is 6.04. The maximum Gasteiger partial charge on any atom is 0.238 e. The zero-order valence-electron chi connectivity index (χ0n) is 12.6. The lowest BCUT2D eigenvalue weighted by Crippen LogP contribution is -1.95. The van der Waals surface area contributed by atoms with E-state index in [0.717, 1.165) is 11.3 Å². The summed E-state index contributed by atoms with van der Waals surface area (Å²) in [6, 6.07) is 20.6. The second-order valence-electron chi connectivity index (χ2n) is 4.97. The molecule has 1 heterocycles. The Kier molecular flexibility index (Phi) is 4.95. The minimum atomic E-state index is 0.258. The third-order valence-electron chi connectivity index (χ3n) is 3.22. The number of hydrogen-bond donors (Lipinski definition) is 0. The van der Waals surface area contributed by atoms with Gasteiger partial charge in [-0.25, -0.2) is 4.98 Å². The molecule has 0 atom stereocenters. The number of halogens is 1. The Bertz CT molecular complexity index is 859. The van der Waals surface area contributed by atoms with E-state index in [2.05, 4.69) is 4.98 Å². The van der Waals surface area contributed by atoms with E-state index in [9.17, 15) is 0 Å². The molecule has 0 aliphatic heterocycles. The molecule has 0 aliphatic carbocycles. The minimum absolute atomic E-state index is 0.258. The molecule has 0 unspecified atom stereocenters. The Balaban J connectivity index is 1.63. The van der Waals surface area contributed by atoms with Crippen LogP contribution in [-0.2, 0) is 6.61 Å². The van der Waals surface area contributed by atoms with Gasteiger partial charge < -0.3 is 9.47 Å². The molecule has 118 valence electrons. The van der Waals surface area contributed by atoms with Crippen molar-refractivity contribution in [2.75, 3.05) is 0 Å². The monoisotopic (exact) mass is 336 g/mol. The van der Waals surface area contributed by atoms with Crippen molar-refractivity contribution in [2.24, 2.45) is 0 Å². The van der Waals surface area contributed by atoms with Crippen LogP contribution in [0.15, 0.2) is 66.9 Å². The lowest BCUT2D eigenvalue weighted by Gasteiger charge is -2.09. The summed E-state index contributed by atoms with van der Waals surface area (Å²) in [7, 11) is 0. The molecule has 4 nitrogen and oxygen atoms in total. The molecule has 2 aromatic carbocycles. The number of benzene rings is 2. The van der Waals surface area contributed by atoms with Crippen LogP contribution in [-0.4, -0.2) is 4.98 Å². The van der Waals surface area contributed by atoms with E-state index in [1.54, 1.807) is 12.1 Å². The molecule has 0 bridgehead atoms. The van der Waals surface area contributed by atoms with E-state index in [0.29, 0.717) is 22.9 Å². The van der Waals surface area contributed by atoms with Crippen molar-refractivity contribution in [3.8, 4) is 23.4 Å². The van der Waals surface area contributed by atoms with Gasteiger partial charge in [0.1, 0.15) is 29.2 Å². The summed E-state index contributed by atoms with van der Waals surface area (Å²) in [5.41, 5.74) is 1.49. The average Bonchev–Trinajstić information content (AvgIpc) is 2.63. The van der Waals surface area contributed by atoms with Crippen LogP contribution in [0.1, 0.15) is 11.1 Å². The maximum absolute atomic E-state index is 8.80. The zero-order valence-corrected chi connectivity index (χ0v) is 13.4. The molecule has 24 heavy (non-hydrogen) atoms. The van der Waals surface area contributed by atoms with E-state index in [1.807, 2.05) is 48.5 Å². The molecular formula is C19H13ClN2O2. The van der Waals surface area contributed by atoms with Crippen LogP contribution in [0.3, 0.4) is 0 Å². The van der Waals surface area contributed by atoms with Crippen molar-refractivity contribution in [1.29, 1.82) is 5.26 Å². The molecule has 0 fully saturated rings. The molecule has 0 spiro atoms. The minimum Gasteiger partial charge on any atom is -0.489 e. The molecule has 0 radical (unpaired) electrons. The quantitative estimate of drug-likeness (QED) is 0.659. The SMILES string of the molecule is N#Cc1cnc(Oc2ccc(OCc3ccccc3)cc2)c(Cl)c1. The van der Waals surface area contributed by atoms with E-state index in [-0.39, 0.29) is 5.88 Å². The molecule has 0 amide bonds. The van der Waals surface area contributed by atoms with Gasteiger partial charge in [0, 0.05) is 6.20 Å². The van der Waals surface area contributed by atoms with E-state index in [4.69, 9.17) is 26.3 Å². The molecule has 0 saturated carbocycles. The van der Waals surface area contributed by atoms with Crippen molar-refractivity contribution >= 4 is 11.6 Å². The van der Waals surface area contributed by atoms with Crippen molar-refractivity contribution in [2.45, 2.75) is 6.61 Å². The van der Waals surface area contributed by atoms with Gasteiger partial charge in [-0.2, -0.15) is 5.26 Å². The Hall–Kier alpha value is -3.03. The van der Waals surface area contributed by atoms with Crippen molar-refractivity contribution in [1.82, 2.24) is 4.98 Å². The first-order valence-electron chi connectivity index (χ1n) is 7.25. The number of nitriles is 1. The smallest absolute Gasteiger partial charge is 0.238 e. The number of hydrogen-bond acceptors (Lipinski definition) is 4. The van der Waals surface area contributed by atoms with Crippen LogP contribution in [0.25, 0.3) is 0 Å². The summed E-state index contributed by atoms with van der Waals surface area (Å²) in [6.07, 6.45) is 1.42. The first-order chi connectivity index (χ1) is 11.7. The lowest BCUT2D eigenvalue weighted by atomic mass is 10.2. The molecule has 3 aromatic rings. The fourth-order valence-corrected chi connectivity index (χ4v) is 2.22. The summed E-state index contributed by atoms with van der Waals surface area (Å²) in [4.78, 5) is 4.03. The van der Waals surface area contributed by atoms with Crippen molar-refractivity contribution in [3.05, 3.63) is 83.0 Å².